The van der Waals surface area contributed by atoms with E-state index in [1.165, 1.54) is 0 Å². The van der Waals surface area contributed by atoms with Gasteiger partial charge in [-0.3, -0.25) is 9.89 Å². The van der Waals surface area contributed by atoms with E-state index in [-0.39, 0.29) is 5.91 Å². The molecule has 1 aromatic rings. The minimum atomic E-state index is 0.0269. The molecule has 0 spiro atoms. The molecule has 0 aliphatic carbocycles. The van der Waals surface area contributed by atoms with E-state index in [4.69, 9.17) is 0 Å². The topological polar surface area (TPSA) is 49.0 Å². The second kappa shape index (κ2) is 4.79. The number of hydrogen-bond donors (Lipinski definition) is 1. The average Bonchev–Trinajstić information content (AvgIpc) is 2.69. The van der Waals surface area contributed by atoms with Gasteiger partial charge in [-0.15, -0.1) is 0 Å². The predicted molar refractivity (Wildman–Crippen MR) is 55.0 cm³/mol. The number of carbonyl (C=O) groups is 1. The van der Waals surface area contributed by atoms with Crippen molar-refractivity contribution in [3.63, 3.8) is 0 Å². The van der Waals surface area contributed by atoms with Crippen molar-refractivity contribution in [2.45, 2.75) is 20.3 Å². The van der Waals surface area contributed by atoms with Crippen LogP contribution in [-0.4, -0.2) is 34.6 Å². The first-order valence-electron chi connectivity index (χ1n) is 4.89. The minimum Gasteiger partial charge on any atom is -0.341 e. The van der Waals surface area contributed by atoms with E-state index in [9.17, 15) is 4.79 Å². The Morgan fingerprint density at radius 2 is 2.43 bits per heavy atom. The SMILES string of the molecule is CCC(C)CN(C)C(=O)c1cn[nH]c1. The van der Waals surface area contributed by atoms with Gasteiger partial charge in [-0.2, -0.15) is 5.10 Å². The van der Waals surface area contributed by atoms with Crippen molar-refractivity contribution < 1.29 is 4.79 Å². The molecule has 1 rings (SSSR count). The van der Waals surface area contributed by atoms with Crippen molar-refractivity contribution in [1.29, 1.82) is 0 Å². The number of H-pyrrole nitrogens is 1. The molecule has 1 N–H and O–H groups in total. The van der Waals surface area contributed by atoms with Gasteiger partial charge in [0.1, 0.15) is 0 Å². The summed E-state index contributed by atoms with van der Waals surface area (Å²) in [6.45, 7) is 5.06. The highest BCUT2D eigenvalue weighted by atomic mass is 16.2. The molecule has 1 aromatic heterocycles. The van der Waals surface area contributed by atoms with E-state index in [0.717, 1.165) is 13.0 Å². The zero-order chi connectivity index (χ0) is 10.6. The molecule has 0 aliphatic heterocycles. The van der Waals surface area contributed by atoms with Crippen molar-refractivity contribution in [3.8, 4) is 0 Å². The molecule has 4 nitrogen and oxygen atoms in total. The lowest BCUT2D eigenvalue weighted by Gasteiger charge is -2.19. The van der Waals surface area contributed by atoms with Gasteiger partial charge in [0.05, 0.1) is 11.8 Å². The van der Waals surface area contributed by atoms with Crippen LogP contribution in [0.15, 0.2) is 12.4 Å². The molecule has 0 aliphatic rings. The van der Waals surface area contributed by atoms with Crippen molar-refractivity contribution in [3.05, 3.63) is 18.0 Å². The van der Waals surface area contributed by atoms with Crippen LogP contribution in [0.3, 0.4) is 0 Å². The predicted octanol–water partition coefficient (Wildman–Crippen LogP) is 1.53. The fourth-order valence-corrected chi connectivity index (χ4v) is 1.27. The van der Waals surface area contributed by atoms with E-state index in [2.05, 4.69) is 24.0 Å². The molecule has 78 valence electrons. The second-order valence-corrected chi connectivity index (χ2v) is 3.69. The average molecular weight is 195 g/mol. The Labute approximate surface area is 84.3 Å². The lowest BCUT2D eigenvalue weighted by atomic mass is 10.1. The molecule has 0 fully saturated rings. The third-order valence-electron chi connectivity index (χ3n) is 2.37. The first-order valence-corrected chi connectivity index (χ1v) is 4.89. The molecule has 0 radical (unpaired) electrons. The molecular weight excluding hydrogens is 178 g/mol. The van der Waals surface area contributed by atoms with Crippen LogP contribution in [0.1, 0.15) is 30.6 Å². The fraction of sp³-hybridized carbons (Fsp3) is 0.600. The summed E-state index contributed by atoms with van der Waals surface area (Å²) in [5.41, 5.74) is 0.621. The monoisotopic (exact) mass is 195 g/mol. The summed E-state index contributed by atoms with van der Waals surface area (Å²) < 4.78 is 0. The standard InChI is InChI=1S/C10H17N3O/c1-4-8(2)7-13(3)10(14)9-5-11-12-6-9/h5-6,8H,4,7H2,1-3H3,(H,11,12). The third-order valence-corrected chi connectivity index (χ3v) is 2.37. The molecule has 14 heavy (non-hydrogen) atoms. The number of hydrogen-bond acceptors (Lipinski definition) is 2. The number of aromatic amines is 1. The van der Waals surface area contributed by atoms with Gasteiger partial charge in [0.2, 0.25) is 0 Å². The highest BCUT2D eigenvalue weighted by Crippen LogP contribution is 2.06. The summed E-state index contributed by atoms with van der Waals surface area (Å²) in [6, 6.07) is 0. The van der Waals surface area contributed by atoms with Crippen LogP contribution in [0.25, 0.3) is 0 Å². The summed E-state index contributed by atoms with van der Waals surface area (Å²) in [5.74, 6) is 0.565. The molecule has 0 aromatic carbocycles. The van der Waals surface area contributed by atoms with Gasteiger partial charge in [-0.05, 0) is 5.92 Å². The van der Waals surface area contributed by atoms with Gasteiger partial charge >= 0.3 is 0 Å². The Balaban J connectivity index is 2.53. The van der Waals surface area contributed by atoms with Crippen molar-refractivity contribution in [2.24, 2.45) is 5.92 Å². The lowest BCUT2D eigenvalue weighted by molar-refractivity contribution is 0.0775. The molecule has 1 heterocycles. The van der Waals surface area contributed by atoms with Crippen LogP contribution in [-0.2, 0) is 0 Å². The summed E-state index contributed by atoms with van der Waals surface area (Å²) in [7, 11) is 1.82. The first-order chi connectivity index (χ1) is 6.65. The van der Waals surface area contributed by atoms with E-state index < -0.39 is 0 Å². The molecule has 1 atom stereocenters. The quantitative estimate of drug-likeness (QED) is 0.792. The van der Waals surface area contributed by atoms with E-state index in [1.807, 2.05) is 7.05 Å². The Morgan fingerprint density at radius 3 is 2.93 bits per heavy atom. The summed E-state index contributed by atoms with van der Waals surface area (Å²) in [6.07, 6.45) is 4.26. The molecule has 0 bridgehead atoms. The van der Waals surface area contributed by atoms with E-state index >= 15 is 0 Å². The summed E-state index contributed by atoms with van der Waals surface area (Å²) in [4.78, 5) is 13.5. The molecule has 0 saturated carbocycles. The van der Waals surface area contributed by atoms with Crippen LogP contribution in [0.4, 0.5) is 0 Å². The first kappa shape index (κ1) is 10.8. The van der Waals surface area contributed by atoms with Gasteiger partial charge in [-0.1, -0.05) is 20.3 Å². The number of nitrogens with zero attached hydrogens (tertiary/aromatic N) is 2. The summed E-state index contributed by atoms with van der Waals surface area (Å²) in [5, 5.41) is 6.39. The smallest absolute Gasteiger partial charge is 0.256 e. The molecule has 0 saturated heterocycles. The second-order valence-electron chi connectivity index (χ2n) is 3.69. The zero-order valence-electron chi connectivity index (χ0n) is 8.95. The maximum atomic E-state index is 11.7. The normalized spacial score (nSPS) is 12.5. The third kappa shape index (κ3) is 2.58. The van der Waals surface area contributed by atoms with Gasteiger partial charge in [0.25, 0.3) is 5.91 Å². The summed E-state index contributed by atoms with van der Waals surface area (Å²) >= 11 is 0. The number of aromatic nitrogens is 2. The van der Waals surface area contributed by atoms with Crippen LogP contribution in [0, 0.1) is 5.92 Å². The molecule has 1 unspecified atom stereocenters. The van der Waals surface area contributed by atoms with Crippen LogP contribution in [0.5, 0.6) is 0 Å². The van der Waals surface area contributed by atoms with Crippen LogP contribution >= 0.6 is 0 Å². The van der Waals surface area contributed by atoms with E-state index in [0.29, 0.717) is 11.5 Å². The Bertz CT molecular complexity index is 282. The van der Waals surface area contributed by atoms with Gasteiger partial charge < -0.3 is 4.90 Å². The van der Waals surface area contributed by atoms with Gasteiger partial charge in [0.15, 0.2) is 0 Å². The van der Waals surface area contributed by atoms with Gasteiger partial charge in [-0.25, -0.2) is 0 Å². The zero-order valence-corrected chi connectivity index (χ0v) is 8.95. The maximum absolute atomic E-state index is 11.7. The highest BCUT2D eigenvalue weighted by Gasteiger charge is 2.13. The number of nitrogens with one attached hydrogen (secondary N) is 1. The molecule has 1 amide bonds. The Hall–Kier alpha value is -1.32. The number of rotatable bonds is 4. The van der Waals surface area contributed by atoms with Crippen LogP contribution in [0.2, 0.25) is 0 Å². The van der Waals surface area contributed by atoms with E-state index in [1.54, 1.807) is 17.3 Å². The maximum Gasteiger partial charge on any atom is 0.256 e. The number of amides is 1. The highest BCUT2D eigenvalue weighted by molar-refractivity contribution is 5.93. The number of carbonyl (C=O) groups excluding carboxylic acids is 1. The molecular formula is C10H17N3O. The van der Waals surface area contributed by atoms with Crippen molar-refractivity contribution >= 4 is 5.91 Å². The Kier molecular flexibility index (Phi) is 3.68. The largest absolute Gasteiger partial charge is 0.341 e. The van der Waals surface area contributed by atoms with Crippen LogP contribution < -0.4 is 0 Å². The lowest BCUT2D eigenvalue weighted by Crippen LogP contribution is -2.30. The Morgan fingerprint density at radius 1 is 1.71 bits per heavy atom. The van der Waals surface area contributed by atoms with Crippen molar-refractivity contribution in [1.82, 2.24) is 15.1 Å². The van der Waals surface area contributed by atoms with Gasteiger partial charge in [0, 0.05) is 19.8 Å². The van der Waals surface area contributed by atoms with Crippen molar-refractivity contribution in [2.75, 3.05) is 13.6 Å². The fourth-order valence-electron chi connectivity index (χ4n) is 1.27. The minimum absolute atomic E-state index is 0.0269. The molecule has 4 heteroatoms.